The molecule has 0 saturated carbocycles. The summed E-state index contributed by atoms with van der Waals surface area (Å²) in [6.45, 7) is 3.74. The molecule has 2 aromatic carbocycles. The maximum atomic E-state index is 5.14. The zero-order chi connectivity index (χ0) is 25.2. The quantitative estimate of drug-likeness (QED) is 0.196. The first-order valence-corrected chi connectivity index (χ1v) is 13.8. The van der Waals surface area contributed by atoms with Gasteiger partial charge in [0, 0.05) is 40.2 Å². The number of rotatable bonds is 8. The van der Waals surface area contributed by atoms with E-state index in [4.69, 9.17) is 15.0 Å². The third-order valence-electron chi connectivity index (χ3n) is 6.72. The van der Waals surface area contributed by atoms with Crippen molar-refractivity contribution in [2.75, 3.05) is 23.7 Å². The number of benzene rings is 2. The minimum absolute atomic E-state index is 0.241. The molecule has 0 unspecified atom stereocenters. The molecule has 2 N–H and O–H groups in total. The Kier molecular flexibility index (Phi) is 6.73. The van der Waals surface area contributed by atoms with Crippen LogP contribution in [-0.2, 0) is 6.42 Å². The van der Waals surface area contributed by atoms with E-state index in [0.29, 0.717) is 5.95 Å². The molecule has 0 fully saturated rings. The van der Waals surface area contributed by atoms with Crippen LogP contribution in [0.5, 0.6) is 0 Å². The predicted octanol–water partition coefficient (Wildman–Crippen LogP) is 6.58. The number of halogens is 1. The van der Waals surface area contributed by atoms with Gasteiger partial charge >= 0.3 is 0 Å². The minimum atomic E-state index is 0.241. The van der Waals surface area contributed by atoms with Crippen molar-refractivity contribution >= 4 is 45.3 Å². The number of hydrogen-bond acceptors (Lipinski definition) is 6. The summed E-state index contributed by atoms with van der Waals surface area (Å²) >= 11 is 2.34. The van der Waals surface area contributed by atoms with Gasteiger partial charge in [0.15, 0.2) is 0 Å². The Labute approximate surface area is 229 Å². The van der Waals surface area contributed by atoms with Gasteiger partial charge in [0.1, 0.15) is 11.6 Å². The number of para-hydroxylation sites is 1. The number of nitrogens with one attached hydrogen (secondary N) is 2. The van der Waals surface area contributed by atoms with Gasteiger partial charge in [-0.15, -0.1) is 0 Å². The standard InChI is InChI=1S/C29H28IN7/c1-2-16-31-29-32-17-15-24(35-29)28-27(20-7-10-21(30)11-8-20)36-26-14-12-22(37(26)28)18-33-25-13-9-19-5-3-4-6-23(19)34-25/h3-11,13,15,17,22H,2,12,14,16,18H2,1H3,(H,33,34)(H,31,32,35)/t22-/m0/s1. The maximum absolute atomic E-state index is 5.14. The smallest absolute Gasteiger partial charge is 0.223 e. The van der Waals surface area contributed by atoms with Crippen molar-refractivity contribution in [3.05, 3.63) is 82.3 Å². The van der Waals surface area contributed by atoms with Gasteiger partial charge in [0.2, 0.25) is 5.95 Å². The zero-order valence-corrected chi connectivity index (χ0v) is 22.8. The van der Waals surface area contributed by atoms with Gasteiger partial charge in [-0.25, -0.2) is 19.9 Å². The Morgan fingerprint density at radius 1 is 0.946 bits per heavy atom. The lowest BCUT2D eigenvalue weighted by molar-refractivity contribution is 0.558. The lowest BCUT2D eigenvalue weighted by Gasteiger charge is -2.19. The summed E-state index contributed by atoms with van der Waals surface area (Å²) in [5, 5.41) is 8.06. The monoisotopic (exact) mass is 601 g/mol. The second-order valence-electron chi connectivity index (χ2n) is 9.26. The van der Waals surface area contributed by atoms with Gasteiger partial charge in [-0.05, 0) is 71.8 Å². The third-order valence-corrected chi connectivity index (χ3v) is 7.44. The van der Waals surface area contributed by atoms with Crippen LogP contribution in [0, 0.1) is 3.57 Å². The summed E-state index contributed by atoms with van der Waals surface area (Å²) < 4.78 is 3.58. The van der Waals surface area contributed by atoms with Gasteiger partial charge in [-0.3, -0.25) is 0 Å². The number of fused-ring (bicyclic) bond motifs is 2. The van der Waals surface area contributed by atoms with Crippen LogP contribution < -0.4 is 10.6 Å². The number of aryl methyl sites for hydroxylation is 1. The average molecular weight is 601 g/mol. The van der Waals surface area contributed by atoms with E-state index in [1.165, 1.54) is 3.57 Å². The molecule has 0 radical (unpaired) electrons. The number of anilines is 2. The molecule has 3 aromatic heterocycles. The van der Waals surface area contributed by atoms with E-state index in [0.717, 1.165) is 77.5 Å². The predicted molar refractivity (Wildman–Crippen MR) is 158 cm³/mol. The highest BCUT2D eigenvalue weighted by atomic mass is 127. The number of imidazole rings is 1. The van der Waals surface area contributed by atoms with Crippen molar-refractivity contribution in [2.24, 2.45) is 0 Å². The van der Waals surface area contributed by atoms with Crippen molar-refractivity contribution in [1.29, 1.82) is 0 Å². The molecule has 0 bridgehead atoms. The molecule has 0 spiro atoms. The zero-order valence-electron chi connectivity index (χ0n) is 20.7. The summed E-state index contributed by atoms with van der Waals surface area (Å²) in [4.78, 5) is 19.3. The molecule has 7 nitrogen and oxygen atoms in total. The van der Waals surface area contributed by atoms with Gasteiger partial charge in [0.05, 0.1) is 28.6 Å². The molecule has 37 heavy (non-hydrogen) atoms. The van der Waals surface area contributed by atoms with Crippen LogP contribution in [0.4, 0.5) is 11.8 Å². The number of pyridine rings is 1. The van der Waals surface area contributed by atoms with Crippen LogP contribution >= 0.6 is 22.6 Å². The summed E-state index contributed by atoms with van der Waals surface area (Å²) in [5.41, 5.74) is 5.00. The first-order valence-electron chi connectivity index (χ1n) is 12.7. The largest absolute Gasteiger partial charge is 0.368 e. The molecule has 1 aliphatic rings. The highest BCUT2D eigenvalue weighted by molar-refractivity contribution is 14.1. The Hall–Kier alpha value is -3.53. The summed E-state index contributed by atoms with van der Waals surface area (Å²) in [6.07, 6.45) is 4.80. The SMILES string of the molecule is CCCNc1nccc(-c2c(-c3ccc(I)cc3)nc3n2[C@H](CNc2ccc4ccccc4n2)CC3)n1. The third kappa shape index (κ3) is 4.90. The Balaban J connectivity index is 1.37. The molecule has 4 heterocycles. The maximum Gasteiger partial charge on any atom is 0.223 e. The van der Waals surface area contributed by atoms with Crippen molar-refractivity contribution in [2.45, 2.75) is 32.2 Å². The minimum Gasteiger partial charge on any atom is -0.368 e. The molecule has 1 aliphatic heterocycles. The fourth-order valence-corrected chi connectivity index (χ4v) is 5.28. The second kappa shape index (κ2) is 10.5. The molecule has 0 aliphatic carbocycles. The van der Waals surface area contributed by atoms with Crippen molar-refractivity contribution in [1.82, 2.24) is 24.5 Å². The lowest BCUT2D eigenvalue weighted by atomic mass is 10.1. The van der Waals surface area contributed by atoms with Crippen LogP contribution in [0.3, 0.4) is 0 Å². The van der Waals surface area contributed by atoms with E-state index in [-0.39, 0.29) is 6.04 Å². The van der Waals surface area contributed by atoms with Crippen LogP contribution in [0.1, 0.15) is 31.6 Å². The van der Waals surface area contributed by atoms with Gasteiger partial charge < -0.3 is 15.2 Å². The van der Waals surface area contributed by atoms with Crippen LogP contribution in [0.25, 0.3) is 33.5 Å². The topological polar surface area (TPSA) is 80.5 Å². The second-order valence-corrected chi connectivity index (χ2v) is 10.5. The summed E-state index contributed by atoms with van der Waals surface area (Å²) in [6, 6.07) is 23.2. The normalized spacial score (nSPS) is 14.6. The molecular weight excluding hydrogens is 573 g/mol. The summed E-state index contributed by atoms with van der Waals surface area (Å²) in [5.74, 6) is 2.64. The van der Waals surface area contributed by atoms with Crippen molar-refractivity contribution < 1.29 is 0 Å². The Morgan fingerprint density at radius 3 is 2.68 bits per heavy atom. The average Bonchev–Trinajstić information content (AvgIpc) is 3.51. The molecule has 5 aromatic rings. The highest BCUT2D eigenvalue weighted by Crippen LogP contribution is 2.39. The van der Waals surface area contributed by atoms with Gasteiger partial charge in [-0.1, -0.05) is 37.3 Å². The molecule has 0 amide bonds. The van der Waals surface area contributed by atoms with E-state index in [9.17, 15) is 0 Å². The number of aromatic nitrogens is 5. The molecule has 6 rings (SSSR count). The van der Waals surface area contributed by atoms with Crippen molar-refractivity contribution in [3.8, 4) is 22.6 Å². The first-order chi connectivity index (χ1) is 18.2. The van der Waals surface area contributed by atoms with E-state index in [1.54, 1.807) is 0 Å². The Morgan fingerprint density at radius 2 is 1.81 bits per heavy atom. The van der Waals surface area contributed by atoms with Crippen molar-refractivity contribution in [3.63, 3.8) is 0 Å². The molecule has 186 valence electrons. The Bertz CT molecular complexity index is 1540. The molecule has 8 heteroatoms. The van der Waals surface area contributed by atoms with E-state index < -0.39 is 0 Å². The number of nitrogens with zero attached hydrogens (tertiary/aromatic N) is 5. The lowest BCUT2D eigenvalue weighted by Crippen LogP contribution is -2.17. The molecular formula is C29H28IN7. The summed E-state index contributed by atoms with van der Waals surface area (Å²) in [7, 11) is 0. The van der Waals surface area contributed by atoms with E-state index in [1.807, 2.05) is 24.4 Å². The van der Waals surface area contributed by atoms with E-state index in [2.05, 4.69) is 98.2 Å². The van der Waals surface area contributed by atoms with Crippen LogP contribution in [0.2, 0.25) is 0 Å². The van der Waals surface area contributed by atoms with Crippen LogP contribution in [-0.4, -0.2) is 37.6 Å². The highest BCUT2D eigenvalue weighted by Gasteiger charge is 2.31. The molecule has 0 saturated heterocycles. The van der Waals surface area contributed by atoms with Crippen LogP contribution in [0.15, 0.2) is 72.9 Å². The van der Waals surface area contributed by atoms with E-state index >= 15 is 0 Å². The fraction of sp³-hybridized carbons (Fsp3) is 0.241. The fourth-order valence-electron chi connectivity index (χ4n) is 4.92. The van der Waals surface area contributed by atoms with Gasteiger partial charge in [0.25, 0.3) is 0 Å². The molecule has 1 atom stereocenters. The first kappa shape index (κ1) is 23.8. The number of hydrogen-bond donors (Lipinski definition) is 2. The van der Waals surface area contributed by atoms with Gasteiger partial charge in [-0.2, -0.15) is 0 Å².